The van der Waals surface area contributed by atoms with E-state index in [1.165, 1.54) is 18.2 Å². The van der Waals surface area contributed by atoms with Crippen molar-refractivity contribution in [3.05, 3.63) is 23.8 Å². The zero-order valence-corrected chi connectivity index (χ0v) is 20.1. The minimum atomic E-state index is -4.82. The van der Waals surface area contributed by atoms with E-state index in [0.717, 1.165) is 12.8 Å². The van der Waals surface area contributed by atoms with Crippen LogP contribution >= 0.6 is 0 Å². The Labute approximate surface area is 195 Å². The topological polar surface area (TPSA) is 80.2 Å². The van der Waals surface area contributed by atoms with Gasteiger partial charge in [0.15, 0.2) is 0 Å². The number of carbonyl (C=O) groups excluding carboxylic acids is 1. The summed E-state index contributed by atoms with van der Waals surface area (Å²) in [5, 5.41) is 0. The van der Waals surface area contributed by atoms with Crippen LogP contribution in [0, 0.1) is 11.8 Å². The summed E-state index contributed by atoms with van der Waals surface area (Å²) in [7, 11) is 0. The highest BCUT2D eigenvalue weighted by atomic mass is 32.2. The monoisotopic (exact) mass is 489 g/mol. The summed E-state index contributed by atoms with van der Waals surface area (Å²) in [6.45, 7) is 7.54. The van der Waals surface area contributed by atoms with E-state index in [9.17, 15) is 22.5 Å². The van der Waals surface area contributed by atoms with Crippen molar-refractivity contribution in [2.24, 2.45) is 16.2 Å². The van der Waals surface area contributed by atoms with Gasteiger partial charge in [0.2, 0.25) is 0 Å². The highest BCUT2D eigenvalue weighted by Gasteiger charge is 2.38. The van der Waals surface area contributed by atoms with Gasteiger partial charge in [0.25, 0.3) is 0 Å². The number of esters is 1. The first kappa shape index (κ1) is 25.7. The molecule has 1 fully saturated rings. The number of rotatable bonds is 5. The van der Waals surface area contributed by atoms with Crippen molar-refractivity contribution in [1.29, 1.82) is 0 Å². The Morgan fingerprint density at radius 3 is 2.45 bits per heavy atom. The van der Waals surface area contributed by atoms with Crippen molar-refractivity contribution in [3.63, 3.8) is 0 Å². The van der Waals surface area contributed by atoms with Crippen LogP contribution in [0.2, 0.25) is 0 Å². The molecule has 0 amide bonds. The van der Waals surface area contributed by atoms with Crippen LogP contribution < -0.4 is 9.47 Å². The van der Waals surface area contributed by atoms with E-state index in [0.29, 0.717) is 37.1 Å². The van der Waals surface area contributed by atoms with Crippen LogP contribution in [0.1, 0.15) is 65.4 Å². The fraction of sp³-hybridized carbons (Fsp3) is 0.652. The zero-order valence-electron chi connectivity index (χ0n) is 19.2. The van der Waals surface area contributed by atoms with E-state index in [1.807, 2.05) is 20.8 Å². The van der Waals surface area contributed by atoms with Crippen molar-refractivity contribution in [2.75, 3.05) is 6.61 Å². The maximum Gasteiger partial charge on any atom is 0.573 e. The number of carbonyl (C=O) groups is 1. The summed E-state index contributed by atoms with van der Waals surface area (Å²) in [5.41, 5.74) is 1.05. The van der Waals surface area contributed by atoms with Crippen LogP contribution in [0.4, 0.5) is 13.2 Å². The quantitative estimate of drug-likeness (QED) is 0.411. The molecule has 3 rings (SSSR count). The molecule has 1 aliphatic heterocycles. The number of hydrogen-bond acceptors (Lipinski definition) is 6. The van der Waals surface area contributed by atoms with E-state index < -0.39 is 22.5 Å². The van der Waals surface area contributed by atoms with Crippen LogP contribution in [-0.4, -0.2) is 40.1 Å². The fourth-order valence-electron chi connectivity index (χ4n) is 4.11. The van der Waals surface area contributed by atoms with Gasteiger partial charge >= 0.3 is 12.3 Å². The van der Waals surface area contributed by atoms with E-state index in [4.69, 9.17) is 9.47 Å². The number of fused-ring (bicyclic) bond motifs is 1. The fourth-order valence-corrected chi connectivity index (χ4v) is 4.76. The van der Waals surface area contributed by atoms with Crippen molar-refractivity contribution in [2.45, 2.75) is 77.0 Å². The second kappa shape index (κ2) is 10.1. The molecule has 2 atom stereocenters. The number of halogens is 3. The van der Waals surface area contributed by atoms with Gasteiger partial charge in [-0.1, -0.05) is 4.40 Å². The average Bonchev–Trinajstić information content (AvgIpc) is 2.71. The molecule has 1 aromatic rings. The smallest absolute Gasteiger partial charge is 0.573 e. The predicted octanol–water partition coefficient (Wildman–Crippen LogP) is 5.36. The molecule has 0 aromatic heterocycles. The zero-order chi connectivity index (χ0) is 24.4. The molecule has 0 saturated heterocycles. The first-order chi connectivity index (χ1) is 15.4. The van der Waals surface area contributed by atoms with Gasteiger partial charge in [0.1, 0.15) is 39.4 Å². The first-order valence-electron chi connectivity index (χ1n) is 11.1. The number of alkyl halides is 3. The molecule has 2 aliphatic rings. The van der Waals surface area contributed by atoms with Crippen LogP contribution in [0.15, 0.2) is 22.6 Å². The van der Waals surface area contributed by atoms with E-state index in [-0.39, 0.29) is 35.4 Å². The minimum absolute atomic E-state index is 0.0873. The standard InChI is InChI=1S/C23H30F3NO5S/c1-5-30-21(28)15-8-6-14(7-9-15)19-13-18(27-33(29)22(2,3)4)17-11-10-16(12-20(17)31-19)32-23(24,25)26/h10-12,14-15,19H,5-9,13H2,1-4H3/b27-18+/t14?,15?,19-,33+/m1/s1. The summed E-state index contributed by atoms with van der Waals surface area (Å²) in [5.74, 6) is -0.410. The predicted molar refractivity (Wildman–Crippen MR) is 119 cm³/mol. The number of hydrogen-bond donors (Lipinski definition) is 0. The van der Waals surface area contributed by atoms with E-state index in [1.54, 1.807) is 6.92 Å². The van der Waals surface area contributed by atoms with Crippen LogP contribution in [0.3, 0.4) is 0 Å². The third kappa shape index (κ3) is 6.79. The molecule has 0 spiro atoms. The lowest BCUT2D eigenvalue weighted by Gasteiger charge is -2.36. The van der Waals surface area contributed by atoms with E-state index in [2.05, 4.69) is 9.13 Å². The van der Waals surface area contributed by atoms with Gasteiger partial charge in [0.05, 0.1) is 12.5 Å². The molecule has 1 saturated carbocycles. The Morgan fingerprint density at radius 1 is 1.21 bits per heavy atom. The van der Waals surface area contributed by atoms with Gasteiger partial charge in [-0.15, -0.1) is 13.2 Å². The summed E-state index contributed by atoms with van der Waals surface area (Å²) in [4.78, 5) is 12.1. The average molecular weight is 490 g/mol. The lowest BCUT2D eigenvalue weighted by molar-refractivity contribution is -0.274. The first-order valence-corrected chi connectivity index (χ1v) is 12.2. The van der Waals surface area contributed by atoms with Gasteiger partial charge in [-0.05, 0) is 71.4 Å². The summed E-state index contributed by atoms with van der Waals surface area (Å²) in [6, 6.07) is 3.87. The molecule has 0 bridgehead atoms. The third-order valence-corrected chi connectivity index (χ3v) is 7.24. The molecule has 6 nitrogen and oxygen atoms in total. The molecule has 1 aliphatic carbocycles. The Morgan fingerprint density at radius 2 is 1.88 bits per heavy atom. The number of ether oxygens (including phenoxy) is 3. The largest absolute Gasteiger partial charge is 0.591 e. The van der Waals surface area contributed by atoms with Crippen LogP contribution in [0.5, 0.6) is 11.5 Å². The molecule has 1 aromatic carbocycles. The highest BCUT2D eigenvalue weighted by molar-refractivity contribution is 7.91. The lowest BCUT2D eigenvalue weighted by atomic mass is 9.77. The van der Waals surface area contributed by atoms with Crippen molar-refractivity contribution < 1.29 is 36.7 Å². The van der Waals surface area contributed by atoms with Gasteiger partial charge in [0, 0.05) is 18.1 Å². The molecular formula is C23H30F3NO5S. The molecular weight excluding hydrogens is 459 g/mol. The summed E-state index contributed by atoms with van der Waals surface area (Å²) < 4.78 is 70.0. The molecule has 0 unspecified atom stereocenters. The number of benzene rings is 1. The third-order valence-electron chi connectivity index (χ3n) is 5.80. The molecule has 33 heavy (non-hydrogen) atoms. The van der Waals surface area contributed by atoms with Crippen molar-refractivity contribution >= 4 is 23.0 Å². The maximum atomic E-state index is 12.7. The van der Waals surface area contributed by atoms with Gasteiger partial charge in [-0.3, -0.25) is 4.79 Å². The second-order valence-electron chi connectivity index (χ2n) is 9.33. The number of nitrogens with zero attached hydrogens (tertiary/aromatic N) is 1. The van der Waals surface area contributed by atoms with Gasteiger partial charge in [-0.2, -0.15) is 0 Å². The van der Waals surface area contributed by atoms with E-state index >= 15 is 0 Å². The van der Waals surface area contributed by atoms with Gasteiger partial charge in [-0.25, -0.2) is 0 Å². The van der Waals surface area contributed by atoms with Crippen LogP contribution in [-0.2, 0) is 20.9 Å². The lowest BCUT2D eigenvalue weighted by Crippen LogP contribution is -2.38. The Hall–Kier alpha value is -1.94. The van der Waals surface area contributed by atoms with Crippen LogP contribution in [0.25, 0.3) is 0 Å². The van der Waals surface area contributed by atoms with Crippen molar-refractivity contribution in [1.82, 2.24) is 0 Å². The second-order valence-corrected chi connectivity index (χ2v) is 11.2. The van der Waals surface area contributed by atoms with Crippen molar-refractivity contribution in [3.8, 4) is 11.5 Å². The Balaban J connectivity index is 1.84. The molecule has 1 heterocycles. The Bertz CT molecular complexity index is 876. The minimum Gasteiger partial charge on any atom is -0.591 e. The highest BCUT2D eigenvalue weighted by Crippen LogP contribution is 2.40. The molecule has 0 N–H and O–H groups in total. The SMILES string of the molecule is CCOC(=O)C1CCC([C@H]2C/C(=N\[S@@+]([O-])C(C)(C)C)c3ccc(OC(F)(F)F)cc3O2)CC1. The molecule has 10 heteroatoms. The molecule has 184 valence electrons. The summed E-state index contributed by atoms with van der Waals surface area (Å²) in [6.07, 6.45) is -2.02. The summed E-state index contributed by atoms with van der Waals surface area (Å²) >= 11 is -1.54. The normalized spacial score (nSPS) is 25.7. The van der Waals surface area contributed by atoms with Gasteiger partial charge < -0.3 is 18.8 Å². The molecule has 0 radical (unpaired) electrons. The Kier molecular flexibility index (Phi) is 7.88. The maximum absolute atomic E-state index is 12.7.